The molecule has 0 heterocycles. The smallest absolute Gasteiger partial charge is 0.119 e. The summed E-state index contributed by atoms with van der Waals surface area (Å²) >= 11 is 3.48. The van der Waals surface area contributed by atoms with Gasteiger partial charge in [0.25, 0.3) is 0 Å². The minimum Gasteiger partial charge on any atom is -0.491 e. The third-order valence-corrected chi connectivity index (χ3v) is 3.44. The molecule has 0 bridgehead atoms. The van der Waals surface area contributed by atoms with Gasteiger partial charge in [-0.3, -0.25) is 0 Å². The van der Waals surface area contributed by atoms with E-state index in [0.29, 0.717) is 6.61 Å². The number of nitrogens with one attached hydrogen (secondary N) is 1. The molecule has 20 heavy (non-hydrogen) atoms. The normalized spacial score (nSPS) is 11.9. The van der Waals surface area contributed by atoms with Gasteiger partial charge in [0.1, 0.15) is 12.4 Å². The molecule has 106 valence electrons. The van der Waals surface area contributed by atoms with Gasteiger partial charge in [0.15, 0.2) is 0 Å². The van der Waals surface area contributed by atoms with Crippen LogP contribution in [0.1, 0.15) is 18.5 Å². The molecule has 4 heteroatoms. The second-order valence-electron chi connectivity index (χ2n) is 4.52. The Balaban J connectivity index is 1.99. The predicted octanol–water partition coefficient (Wildman–Crippen LogP) is 3.99. The lowest BCUT2D eigenvalue weighted by Crippen LogP contribution is -2.06. The Labute approximate surface area is 127 Å². The number of benzene rings is 2. The van der Waals surface area contributed by atoms with Crippen molar-refractivity contribution in [2.24, 2.45) is 0 Å². The van der Waals surface area contributed by atoms with Crippen molar-refractivity contribution in [2.75, 3.05) is 18.5 Å². The van der Waals surface area contributed by atoms with Gasteiger partial charge in [-0.15, -0.1) is 0 Å². The van der Waals surface area contributed by atoms with Crippen molar-refractivity contribution in [3.8, 4) is 5.75 Å². The average Bonchev–Trinajstić information content (AvgIpc) is 2.46. The van der Waals surface area contributed by atoms with E-state index < -0.39 is 0 Å². The Morgan fingerprint density at radius 2 is 1.95 bits per heavy atom. The highest BCUT2D eigenvalue weighted by Gasteiger charge is 2.05. The zero-order valence-electron chi connectivity index (χ0n) is 11.3. The second kappa shape index (κ2) is 7.31. The Hall–Kier alpha value is -1.52. The van der Waals surface area contributed by atoms with E-state index in [9.17, 15) is 0 Å². The van der Waals surface area contributed by atoms with Gasteiger partial charge in [0, 0.05) is 16.2 Å². The Morgan fingerprint density at radius 3 is 2.60 bits per heavy atom. The summed E-state index contributed by atoms with van der Waals surface area (Å²) in [7, 11) is 0. The van der Waals surface area contributed by atoms with Gasteiger partial charge < -0.3 is 15.2 Å². The van der Waals surface area contributed by atoms with Gasteiger partial charge in [0.2, 0.25) is 0 Å². The molecule has 0 saturated carbocycles. The monoisotopic (exact) mass is 335 g/mol. The molecule has 2 aromatic rings. The van der Waals surface area contributed by atoms with Crippen molar-refractivity contribution in [3.63, 3.8) is 0 Å². The highest BCUT2D eigenvalue weighted by molar-refractivity contribution is 9.10. The van der Waals surface area contributed by atoms with Crippen LogP contribution in [-0.2, 0) is 0 Å². The van der Waals surface area contributed by atoms with Crippen LogP contribution in [0.2, 0.25) is 0 Å². The number of hydrogen-bond acceptors (Lipinski definition) is 3. The van der Waals surface area contributed by atoms with Crippen LogP contribution in [0.4, 0.5) is 5.69 Å². The number of halogens is 1. The lowest BCUT2D eigenvalue weighted by Gasteiger charge is -2.16. The molecule has 2 N–H and O–H groups in total. The van der Waals surface area contributed by atoms with Crippen LogP contribution >= 0.6 is 15.9 Å². The van der Waals surface area contributed by atoms with Crippen molar-refractivity contribution in [3.05, 3.63) is 58.6 Å². The first-order chi connectivity index (χ1) is 9.69. The van der Waals surface area contributed by atoms with Crippen LogP contribution in [0.5, 0.6) is 5.75 Å². The van der Waals surface area contributed by atoms with Gasteiger partial charge in [-0.1, -0.05) is 28.1 Å². The number of aliphatic hydroxyl groups excluding tert-OH is 1. The van der Waals surface area contributed by atoms with Crippen LogP contribution in [0.3, 0.4) is 0 Å². The zero-order valence-corrected chi connectivity index (χ0v) is 12.9. The van der Waals surface area contributed by atoms with Gasteiger partial charge >= 0.3 is 0 Å². The maximum atomic E-state index is 8.71. The molecule has 0 aromatic heterocycles. The Morgan fingerprint density at radius 1 is 1.20 bits per heavy atom. The standard InChI is InChI=1S/C16H18BrNO2/c1-12(13-3-2-4-14(17)11-13)18-15-5-7-16(8-6-15)20-10-9-19/h2-8,11-12,18-19H,9-10H2,1H3. The first-order valence-electron chi connectivity index (χ1n) is 6.55. The molecule has 0 fully saturated rings. The van der Waals surface area contributed by atoms with E-state index in [1.165, 1.54) is 5.56 Å². The van der Waals surface area contributed by atoms with Crippen molar-refractivity contribution in [2.45, 2.75) is 13.0 Å². The van der Waals surface area contributed by atoms with Crippen molar-refractivity contribution in [1.82, 2.24) is 0 Å². The third kappa shape index (κ3) is 4.25. The SMILES string of the molecule is CC(Nc1ccc(OCCO)cc1)c1cccc(Br)c1. The highest BCUT2D eigenvalue weighted by Crippen LogP contribution is 2.23. The van der Waals surface area contributed by atoms with Crippen LogP contribution in [0.15, 0.2) is 53.0 Å². The number of ether oxygens (including phenoxy) is 1. The average molecular weight is 336 g/mol. The molecular formula is C16H18BrNO2. The summed E-state index contributed by atoms with van der Waals surface area (Å²) in [5.41, 5.74) is 2.26. The summed E-state index contributed by atoms with van der Waals surface area (Å²) < 4.78 is 6.41. The molecule has 0 saturated heterocycles. The molecule has 2 rings (SSSR count). The molecule has 0 aliphatic heterocycles. The maximum Gasteiger partial charge on any atom is 0.119 e. The van der Waals surface area contributed by atoms with Gasteiger partial charge in [0.05, 0.1) is 6.61 Å². The molecule has 3 nitrogen and oxygen atoms in total. The number of rotatable bonds is 6. The summed E-state index contributed by atoms with van der Waals surface area (Å²) in [5.74, 6) is 0.764. The van der Waals surface area contributed by atoms with E-state index in [0.717, 1.165) is 15.9 Å². The summed E-state index contributed by atoms with van der Waals surface area (Å²) in [5, 5.41) is 12.2. The minimum atomic E-state index is 0.0277. The van der Waals surface area contributed by atoms with Crippen LogP contribution in [0.25, 0.3) is 0 Å². The van der Waals surface area contributed by atoms with Gasteiger partial charge in [-0.25, -0.2) is 0 Å². The predicted molar refractivity (Wildman–Crippen MR) is 85.2 cm³/mol. The molecule has 0 radical (unpaired) electrons. The van der Waals surface area contributed by atoms with Gasteiger partial charge in [-0.2, -0.15) is 0 Å². The summed E-state index contributed by atoms with van der Waals surface area (Å²) in [6.07, 6.45) is 0. The van der Waals surface area contributed by atoms with Crippen molar-refractivity contribution < 1.29 is 9.84 Å². The fourth-order valence-corrected chi connectivity index (χ4v) is 2.34. The fraction of sp³-hybridized carbons (Fsp3) is 0.250. The molecule has 0 spiro atoms. The third-order valence-electron chi connectivity index (χ3n) is 2.95. The van der Waals surface area contributed by atoms with Crippen LogP contribution in [-0.4, -0.2) is 18.3 Å². The molecule has 0 aliphatic carbocycles. The molecule has 2 aromatic carbocycles. The first-order valence-corrected chi connectivity index (χ1v) is 7.34. The minimum absolute atomic E-state index is 0.0277. The van der Waals surface area contributed by atoms with Crippen LogP contribution in [0, 0.1) is 0 Å². The molecule has 1 atom stereocenters. The highest BCUT2D eigenvalue weighted by atomic mass is 79.9. The fourth-order valence-electron chi connectivity index (χ4n) is 1.92. The molecule has 1 unspecified atom stereocenters. The zero-order chi connectivity index (χ0) is 14.4. The summed E-state index contributed by atoms with van der Waals surface area (Å²) in [6, 6.07) is 16.2. The van der Waals surface area contributed by atoms with Crippen molar-refractivity contribution >= 4 is 21.6 Å². The number of aliphatic hydroxyl groups is 1. The quantitative estimate of drug-likeness (QED) is 0.838. The molecule has 0 aliphatic rings. The largest absolute Gasteiger partial charge is 0.491 e. The van der Waals surface area contributed by atoms with E-state index in [1.807, 2.05) is 36.4 Å². The summed E-state index contributed by atoms with van der Waals surface area (Å²) in [4.78, 5) is 0. The maximum absolute atomic E-state index is 8.71. The van der Waals surface area contributed by atoms with E-state index >= 15 is 0 Å². The van der Waals surface area contributed by atoms with Gasteiger partial charge in [-0.05, 0) is 48.9 Å². The Bertz CT molecular complexity index is 542. The number of anilines is 1. The molecule has 0 amide bonds. The van der Waals surface area contributed by atoms with E-state index in [4.69, 9.17) is 9.84 Å². The topological polar surface area (TPSA) is 41.5 Å². The van der Waals surface area contributed by atoms with E-state index in [-0.39, 0.29) is 12.6 Å². The number of hydrogen-bond donors (Lipinski definition) is 2. The lowest BCUT2D eigenvalue weighted by atomic mass is 10.1. The Kier molecular flexibility index (Phi) is 5.44. The first kappa shape index (κ1) is 14.9. The lowest BCUT2D eigenvalue weighted by molar-refractivity contribution is 0.201. The van der Waals surface area contributed by atoms with E-state index in [1.54, 1.807) is 0 Å². The molecular weight excluding hydrogens is 318 g/mol. The van der Waals surface area contributed by atoms with Crippen LogP contribution < -0.4 is 10.1 Å². The second-order valence-corrected chi connectivity index (χ2v) is 5.43. The van der Waals surface area contributed by atoms with Crippen molar-refractivity contribution in [1.29, 1.82) is 0 Å². The summed E-state index contributed by atoms with van der Waals surface area (Å²) in [6.45, 7) is 2.47. The van der Waals surface area contributed by atoms with E-state index in [2.05, 4.69) is 40.3 Å².